The number of hydrogen-bond acceptors (Lipinski definition) is 4. The Labute approximate surface area is 119 Å². The third-order valence-electron chi connectivity index (χ3n) is 3.27. The molecule has 1 unspecified atom stereocenters. The molecule has 6 nitrogen and oxygen atoms in total. The molecular formula is C13H20N2O4S. The highest BCUT2D eigenvalue weighted by Crippen LogP contribution is 2.15. The Morgan fingerprint density at radius 1 is 1.40 bits per heavy atom. The average Bonchev–Trinajstić information content (AvgIpc) is 2.48. The Morgan fingerprint density at radius 3 is 2.75 bits per heavy atom. The first kappa shape index (κ1) is 15.4. The van der Waals surface area contributed by atoms with Gasteiger partial charge < -0.3 is 9.84 Å². The molecule has 7 heteroatoms. The van der Waals surface area contributed by atoms with Crippen LogP contribution in [-0.4, -0.2) is 61.6 Å². The molecule has 2 rings (SSSR count). The zero-order valence-corrected chi connectivity index (χ0v) is 12.3. The molecule has 20 heavy (non-hydrogen) atoms. The Bertz CT molecular complexity index is 520. The van der Waals surface area contributed by atoms with Gasteiger partial charge in [0.2, 0.25) is 0 Å². The first-order valence-corrected chi connectivity index (χ1v) is 7.91. The minimum atomic E-state index is -3.53. The Balaban J connectivity index is 2.05. The second-order valence-electron chi connectivity index (χ2n) is 4.78. The fraction of sp³-hybridized carbons (Fsp3) is 0.538. The van der Waals surface area contributed by atoms with Gasteiger partial charge >= 0.3 is 0 Å². The van der Waals surface area contributed by atoms with Crippen LogP contribution in [0.3, 0.4) is 0 Å². The molecule has 1 aliphatic rings. The van der Waals surface area contributed by atoms with Crippen LogP contribution in [0.1, 0.15) is 5.56 Å². The molecule has 1 aromatic rings. The highest BCUT2D eigenvalue weighted by molar-refractivity contribution is 7.86. The average molecular weight is 300 g/mol. The van der Waals surface area contributed by atoms with E-state index in [1.807, 2.05) is 30.3 Å². The number of morpholine rings is 1. The second-order valence-corrected chi connectivity index (χ2v) is 6.82. The summed E-state index contributed by atoms with van der Waals surface area (Å²) in [4.78, 5) is 0. The van der Waals surface area contributed by atoms with E-state index in [0.29, 0.717) is 19.7 Å². The first-order valence-electron chi connectivity index (χ1n) is 6.52. The number of benzene rings is 1. The van der Waals surface area contributed by atoms with Crippen molar-refractivity contribution >= 4 is 10.2 Å². The van der Waals surface area contributed by atoms with Crippen molar-refractivity contribution in [3.05, 3.63) is 35.9 Å². The summed E-state index contributed by atoms with van der Waals surface area (Å²) in [5.41, 5.74) is 0.936. The molecular weight excluding hydrogens is 280 g/mol. The number of rotatable bonds is 5. The summed E-state index contributed by atoms with van der Waals surface area (Å²) in [6.07, 6.45) is -0.441. The third kappa shape index (κ3) is 3.56. The fourth-order valence-electron chi connectivity index (χ4n) is 2.13. The van der Waals surface area contributed by atoms with Crippen molar-refractivity contribution in [1.29, 1.82) is 0 Å². The molecule has 0 aliphatic carbocycles. The zero-order chi connectivity index (χ0) is 14.6. The number of ether oxygens (including phenoxy) is 1. The van der Waals surface area contributed by atoms with Gasteiger partial charge in [-0.15, -0.1) is 0 Å². The highest BCUT2D eigenvalue weighted by Gasteiger charge is 2.32. The van der Waals surface area contributed by atoms with Gasteiger partial charge in [-0.2, -0.15) is 17.0 Å². The normalized spacial score (nSPS) is 21.2. The lowest BCUT2D eigenvalue weighted by Crippen LogP contribution is -2.51. The molecule has 112 valence electrons. The van der Waals surface area contributed by atoms with Crippen LogP contribution in [0.4, 0.5) is 0 Å². The quantitative estimate of drug-likeness (QED) is 0.834. The zero-order valence-electron chi connectivity index (χ0n) is 11.5. The van der Waals surface area contributed by atoms with Gasteiger partial charge in [0, 0.05) is 26.7 Å². The minimum Gasteiger partial charge on any atom is -0.394 e. The van der Waals surface area contributed by atoms with Crippen LogP contribution < -0.4 is 0 Å². The topological polar surface area (TPSA) is 70.1 Å². The van der Waals surface area contributed by atoms with Crippen LogP contribution >= 0.6 is 0 Å². The molecule has 1 fully saturated rings. The summed E-state index contributed by atoms with van der Waals surface area (Å²) in [7, 11) is -1.97. The molecule has 1 aromatic carbocycles. The van der Waals surface area contributed by atoms with Gasteiger partial charge in [-0.25, -0.2) is 0 Å². The summed E-state index contributed by atoms with van der Waals surface area (Å²) < 4.78 is 32.9. The van der Waals surface area contributed by atoms with E-state index in [2.05, 4.69) is 0 Å². The van der Waals surface area contributed by atoms with Crippen molar-refractivity contribution in [2.45, 2.75) is 12.6 Å². The van der Waals surface area contributed by atoms with E-state index in [0.717, 1.165) is 5.56 Å². The highest BCUT2D eigenvalue weighted by atomic mass is 32.2. The van der Waals surface area contributed by atoms with Crippen molar-refractivity contribution in [2.24, 2.45) is 0 Å². The molecule has 1 heterocycles. The van der Waals surface area contributed by atoms with Gasteiger partial charge in [-0.05, 0) is 5.56 Å². The molecule has 0 radical (unpaired) electrons. The van der Waals surface area contributed by atoms with Crippen molar-refractivity contribution in [3.8, 4) is 0 Å². The van der Waals surface area contributed by atoms with Gasteiger partial charge in [-0.1, -0.05) is 30.3 Å². The number of aliphatic hydroxyl groups excluding tert-OH is 1. The van der Waals surface area contributed by atoms with Crippen molar-refractivity contribution in [1.82, 2.24) is 8.61 Å². The van der Waals surface area contributed by atoms with Gasteiger partial charge in [0.15, 0.2) is 0 Å². The molecule has 0 amide bonds. The van der Waals surface area contributed by atoms with Crippen molar-refractivity contribution in [3.63, 3.8) is 0 Å². The van der Waals surface area contributed by atoms with Gasteiger partial charge in [-0.3, -0.25) is 0 Å². The smallest absolute Gasteiger partial charge is 0.282 e. The molecule has 0 bridgehead atoms. The summed E-state index contributed by atoms with van der Waals surface area (Å²) in [6.45, 7) is 0.971. The van der Waals surface area contributed by atoms with Gasteiger partial charge in [0.25, 0.3) is 10.2 Å². The standard InChI is InChI=1S/C13H20N2O4S/c1-14(9-12-5-3-2-4-6-12)20(17,18)15-7-8-19-13(10-15)11-16/h2-6,13,16H,7-11H2,1H3. The lowest BCUT2D eigenvalue weighted by molar-refractivity contribution is -0.0316. The van der Waals surface area contributed by atoms with Crippen molar-refractivity contribution in [2.75, 3.05) is 33.4 Å². The van der Waals surface area contributed by atoms with Crippen LogP contribution in [0, 0.1) is 0 Å². The van der Waals surface area contributed by atoms with E-state index < -0.39 is 16.3 Å². The van der Waals surface area contributed by atoms with Crippen molar-refractivity contribution < 1.29 is 18.3 Å². The summed E-state index contributed by atoms with van der Waals surface area (Å²) in [5, 5.41) is 9.09. The van der Waals surface area contributed by atoms with E-state index in [9.17, 15) is 8.42 Å². The van der Waals surface area contributed by atoms with E-state index >= 15 is 0 Å². The molecule has 1 aliphatic heterocycles. The molecule has 0 spiro atoms. The van der Waals surface area contributed by atoms with E-state index in [1.54, 1.807) is 7.05 Å². The number of aliphatic hydroxyl groups is 1. The second kappa shape index (κ2) is 6.64. The molecule has 1 saturated heterocycles. The maximum atomic E-state index is 12.5. The fourth-order valence-corrected chi connectivity index (χ4v) is 3.50. The molecule has 0 saturated carbocycles. The van der Waals surface area contributed by atoms with E-state index in [-0.39, 0.29) is 13.2 Å². The maximum Gasteiger partial charge on any atom is 0.282 e. The van der Waals surface area contributed by atoms with E-state index in [4.69, 9.17) is 9.84 Å². The largest absolute Gasteiger partial charge is 0.394 e. The molecule has 1 atom stereocenters. The molecule has 0 aromatic heterocycles. The van der Waals surface area contributed by atoms with Crippen LogP contribution in [0.25, 0.3) is 0 Å². The third-order valence-corrected chi connectivity index (χ3v) is 5.17. The number of hydrogen-bond donors (Lipinski definition) is 1. The lowest BCUT2D eigenvalue weighted by atomic mass is 10.2. The predicted molar refractivity (Wildman–Crippen MR) is 75.2 cm³/mol. The van der Waals surface area contributed by atoms with Crippen LogP contribution in [-0.2, 0) is 21.5 Å². The Morgan fingerprint density at radius 2 is 2.10 bits per heavy atom. The minimum absolute atomic E-state index is 0.172. The Hall–Kier alpha value is -0.990. The molecule has 1 N–H and O–H groups in total. The maximum absolute atomic E-state index is 12.5. The van der Waals surface area contributed by atoms with E-state index in [1.165, 1.54) is 8.61 Å². The van der Waals surface area contributed by atoms with Gasteiger partial charge in [0.05, 0.1) is 19.3 Å². The van der Waals surface area contributed by atoms with Crippen LogP contribution in [0.5, 0.6) is 0 Å². The monoisotopic (exact) mass is 300 g/mol. The lowest BCUT2D eigenvalue weighted by Gasteiger charge is -2.33. The predicted octanol–water partition coefficient (Wildman–Crippen LogP) is 0.0563. The van der Waals surface area contributed by atoms with Gasteiger partial charge in [0.1, 0.15) is 0 Å². The summed E-state index contributed by atoms with van der Waals surface area (Å²) in [5.74, 6) is 0. The summed E-state index contributed by atoms with van der Waals surface area (Å²) in [6, 6.07) is 9.44. The van der Waals surface area contributed by atoms with Crippen LogP contribution in [0.2, 0.25) is 0 Å². The number of nitrogens with zero attached hydrogens (tertiary/aromatic N) is 2. The van der Waals surface area contributed by atoms with Crippen LogP contribution in [0.15, 0.2) is 30.3 Å². The summed E-state index contributed by atoms with van der Waals surface area (Å²) >= 11 is 0. The first-order chi connectivity index (χ1) is 9.54. The SMILES string of the molecule is CN(Cc1ccccc1)S(=O)(=O)N1CCOC(CO)C1. The Kier molecular flexibility index (Phi) is 5.11.